The lowest BCUT2D eigenvalue weighted by atomic mass is 9.85. The summed E-state index contributed by atoms with van der Waals surface area (Å²) in [7, 11) is 0. The van der Waals surface area contributed by atoms with E-state index in [-0.39, 0.29) is 5.91 Å². The second kappa shape index (κ2) is 8.28. The van der Waals surface area contributed by atoms with E-state index in [0.717, 1.165) is 12.2 Å². The molecule has 0 fully saturated rings. The molecule has 0 saturated heterocycles. The van der Waals surface area contributed by atoms with E-state index in [0.29, 0.717) is 34.9 Å². The zero-order valence-corrected chi connectivity index (χ0v) is 14.4. The van der Waals surface area contributed by atoms with Crippen LogP contribution in [0.4, 0.5) is 5.69 Å². The van der Waals surface area contributed by atoms with Gasteiger partial charge in [0.25, 0.3) is 5.91 Å². The Kier molecular flexibility index (Phi) is 7.03. The van der Waals surface area contributed by atoms with Gasteiger partial charge >= 0.3 is 0 Å². The van der Waals surface area contributed by atoms with Crippen molar-refractivity contribution in [1.82, 2.24) is 5.32 Å². The van der Waals surface area contributed by atoms with Crippen LogP contribution in [-0.4, -0.2) is 19.0 Å². The Morgan fingerprint density at radius 1 is 1.19 bits per heavy atom. The molecule has 1 amide bonds. The fraction of sp³-hybridized carbons (Fsp3) is 0.588. The number of anilines is 1. The van der Waals surface area contributed by atoms with Crippen LogP contribution < -0.4 is 10.6 Å². The molecule has 3 nitrogen and oxygen atoms in total. The van der Waals surface area contributed by atoms with Crippen LogP contribution in [0.15, 0.2) is 18.2 Å². The molecule has 0 aromatic heterocycles. The first kappa shape index (κ1) is 17.8. The maximum absolute atomic E-state index is 12.4. The van der Waals surface area contributed by atoms with Gasteiger partial charge in [-0.15, -0.1) is 0 Å². The Morgan fingerprint density at radius 2 is 1.81 bits per heavy atom. The van der Waals surface area contributed by atoms with E-state index in [1.807, 2.05) is 13.0 Å². The van der Waals surface area contributed by atoms with Gasteiger partial charge in [-0.1, -0.05) is 39.3 Å². The van der Waals surface area contributed by atoms with Crippen molar-refractivity contribution in [2.24, 2.45) is 17.8 Å². The summed E-state index contributed by atoms with van der Waals surface area (Å²) in [4.78, 5) is 12.4. The molecule has 1 aromatic rings. The van der Waals surface area contributed by atoms with Crippen molar-refractivity contribution in [2.75, 3.05) is 18.4 Å². The van der Waals surface area contributed by atoms with Crippen LogP contribution in [0, 0.1) is 17.8 Å². The average Bonchev–Trinajstić information content (AvgIpc) is 2.40. The normalized spacial score (nSPS) is 11.3. The maximum Gasteiger partial charge on any atom is 0.253 e. The Bertz CT molecular complexity index is 464. The van der Waals surface area contributed by atoms with E-state index in [2.05, 4.69) is 38.3 Å². The third-order valence-corrected chi connectivity index (χ3v) is 4.04. The zero-order valence-electron chi connectivity index (χ0n) is 13.7. The van der Waals surface area contributed by atoms with Crippen LogP contribution in [0.3, 0.4) is 0 Å². The van der Waals surface area contributed by atoms with E-state index in [1.165, 1.54) is 0 Å². The van der Waals surface area contributed by atoms with E-state index < -0.39 is 0 Å². The minimum Gasteiger partial charge on any atom is -0.385 e. The SMILES string of the molecule is CCNc1ccc(Cl)cc1C(=O)NCC(C(C)C)C(C)C. The Labute approximate surface area is 133 Å². The van der Waals surface area contributed by atoms with E-state index in [4.69, 9.17) is 11.6 Å². The highest BCUT2D eigenvalue weighted by atomic mass is 35.5. The molecule has 118 valence electrons. The number of amides is 1. The highest BCUT2D eigenvalue weighted by Crippen LogP contribution is 2.22. The maximum atomic E-state index is 12.4. The van der Waals surface area contributed by atoms with Crippen molar-refractivity contribution in [3.8, 4) is 0 Å². The summed E-state index contributed by atoms with van der Waals surface area (Å²) in [6.07, 6.45) is 0. The van der Waals surface area contributed by atoms with Crippen LogP contribution in [0.25, 0.3) is 0 Å². The van der Waals surface area contributed by atoms with Crippen LogP contribution in [-0.2, 0) is 0 Å². The van der Waals surface area contributed by atoms with Gasteiger partial charge in [-0.05, 0) is 42.9 Å². The molecule has 0 saturated carbocycles. The van der Waals surface area contributed by atoms with Crippen LogP contribution in [0.5, 0.6) is 0 Å². The third kappa shape index (κ3) is 5.24. The lowest BCUT2D eigenvalue weighted by Gasteiger charge is -2.25. The van der Waals surface area contributed by atoms with Crippen molar-refractivity contribution in [3.63, 3.8) is 0 Å². The number of carbonyl (C=O) groups is 1. The van der Waals surface area contributed by atoms with E-state index in [1.54, 1.807) is 12.1 Å². The summed E-state index contributed by atoms with van der Waals surface area (Å²) < 4.78 is 0. The Hall–Kier alpha value is -1.22. The fourth-order valence-electron chi connectivity index (χ4n) is 2.60. The molecule has 0 bridgehead atoms. The van der Waals surface area contributed by atoms with Gasteiger partial charge in [-0.3, -0.25) is 4.79 Å². The molecule has 0 radical (unpaired) electrons. The van der Waals surface area contributed by atoms with Gasteiger partial charge in [0.05, 0.1) is 5.56 Å². The number of benzene rings is 1. The summed E-state index contributed by atoms with van der Waals surface area (Å²) in [5.41, 5.74) is 1.43. The minimum atomic E-state index is -0.0697. The van der Waals surface area contributed by atoms with Gasteiger partial charge in [-0.25, -0.2) is 0 Å². The Balaban J connectivity index is 2.81. The molecule has 21 heavy (non-hydrogen) atoms. The number of rotatable bonds is 7. The van der Waals surface area contributed by atoms with Crippen molar-refractivity contribution in [2.45, 2.75) is 34.6 Å². The number of carbonyl (C=O) groups excluding carboxylic acids is 1. The summed E-state index contributed by atoms with van der Waals surface area (Å²) in [6, 6.07) is 5.36. The Morgan fingerprint density at radius 3 is 2.33 bits per heavy atom. The highest BCUT2D eigenvalue weighted by Gasteiger charge is 2.19. The van der Waals surface area contributed by atoms with Gasteiger partial charge in [0.2, 0.25) is 0 Å². The van der Waals surface area contributed by atoms with Crippen molar-refractivity contribution < 1.29 is 4.79 Å². The van der Waals surface area contributed by atoms with E-state index >= 15 is 0 Å². The molecule has 1 rings (SSSR count). The van der Waals surface area contributed by atoms with Crippen LogP contribution in [0.2, 0.25) is 5.02 Å². The molecule has 0 spiro atoms. The first-order valence-electron chi connectivity index (χ1n) is 7.68. The predicted molar refractivity (Wildman–Crippen MR) is 91.1 cm³/mol. The molecule has 0 heterocycles. The quantitative estimate of drug-likeness (QED) is 0.782. The van der Waals surface area contributed by atoms with Gasteiger partial charge in [0.1, 0.15) is 0 Å². The largest absolute Gasteiger partial charge is 0.385 e. The lowest BCUT2D eigenvalue weighted by Crippen LogP contribution is -2.34. The first-order chi connectivity index (χ1) is 9.86. The van der Waals surface area contributed by atoms with Crippen molar-refractivity contribution in [3.05, 3.63) is 28.8 Å². The minimum absolute atomic E-state index is 0.0697. The molecule has 0 unspecified atom stereocenters. The number of halogens is 1. The molecule has 0 aliphatic heterocycles. The fourth-order valence-corrected chi connectivity index (χ4v) is 2.77. The average molecular weight is 311 g/mol. The topological polar surface area (TPSA) is 41.1 Å². The number of nitrogens with one attached hydrogen (secondary N) is 2. The molecule has 0 aliphatic rings. The highest BCUT2D eigenvalue weighted by molar-refractivity contribution is 6.31. The molecular formula is C17H27ClN2O. The van der Waals surface area contributed by atoms with Crippen LogP contribution >= 0.6 is 11.6 Å². The first-order valence-corrected chi connectivity index (χ1v) is 8.06. The monoisotopic (exact) mass is 310 g/mol. The zero-order chi connectivity index (χ0) is 16.0. The molecule has 0 atom stereocenters. The van der Waals surface area contributed by atoms with Crippen molar-refractivity contribution in [1.29, 1.82) is 0 Å². The van der Waals surface area contributed by atoms with Crippen LogP contribution in [0.1, 0.15) is 45.0 Å². The number of hydrogen-bond acceptors (Lipinski definition) is 2. The summed E-state index contributed by atoms with van der Waals surface area (Å²) in [5.74, 6) is 1.48. The molecule has 4 heteroatoms. The second-order valence-corrected chi connectivity index (χ2v) is 6.52. The second-order valence-electron chi connectivity index (χ2n) is 6.08. The number of hydrogen-bond donors (Lipinski definition) is 2. The summed E-state index contributed by atoms with van der Waals surface area (Å²) in [5, 5.41) is 6.82. The van der Waals surface area contributed by atoms with Gasteiger partial charge < -0.3 is 10.6 Å². The van der Waals surface area contributed by atoms with Gasteiger partial charge in [0.15, 0.2) is 0 Å². The van der Waals surface area contributed by atoms with E-state index in [9.17, 15) is 4.79 Å². The summed E-state index contributed by atoms with van der Waals surface area (Å²) >= 11 is 6.02. The summed E-state index contributed by atoms with van der Waals surface area (Å²) in [6.45, 7) is 12.2. The molecule has 1 aromatic carbocycles. The van der Waals surface area contributed by atoms with Crippen molar-refractivity contribution >= 4 is 23.2 Å². The predicted octanol–water partition coefficient (Wildman–Crippen LogP) is 4.43. The molecular weight excluding hydrogens is 284 g/mol. The van der Waals surface area contributed by atoms with Gasteiger partial charge in [-0.2, -0.15) is 0 Å². The van der Waals surface area contributed by atoms with Gasteiger partial charge in [0, 0.05) is 23.8 Å². The molecule has 2 N–H and O–H groups in total. The lowest BCUT2D eigenvalue weighted by molar-refractivity contribution is 0.0938. The standard InChI is InChI=1S/C17H27ClN2O/c1-6-19-16-8-7-13(18)9-14(16)17(21)20-10-15(11(2)3)12(4)5/h7-9,11-12,15,19H,6,10H2,1-5H3,(H,20,21). The molecule has 0 aliphatic carbocycles. The smallest absolute Gasteiger partial charge is 0.253 e. The third-order valence-electron chi connectivity index (χ3n) is 3.80.